The third kappa shape index (κ3) is 4.42. The molecule has 0 atom stereocenters. The van der Waals surface area contributed by atoms with Crippen LogP contribution in [0.1, 0.15) is 57.9 Å². The number of fused-ring (bicyclic) bond motifs is 1. The number of allylic oxidation sites excluding steroid dienone is 3. The Morgan fingerprint density at radius 2 is 2.10 bits per heavy atom. The van der Waals surface area contributed by atoms with Crippen molar-refractivity contribution in [3.63, 3.8) is 0 Å². The van der Waals surface area contributed by atoms with Crippen LogP contribution >= 0.6 is 0 Å². The van der Waals surface area contributed by atoms with Crippen LogP contribution in [0.3, 0.4) is 0 Å². The first-order valence-corrected chi connectivity index (χ1v) is 11.2. The summed E-state index contributed by atoms with van der Waals surface area (Å²) in [6, 6.07) is 0. The largest absolute Gasteiger partial charge is 0.342 e. The fraction of sp³-hybridized carbons (Fsp3) is 0.652. The number of nitrogens with zero attached hydrogens (tertiary/aromatic N) is 3. The molecule has 158 valence electrons. The average Bonchev–Trinajstić information content (AvgIpc) is 2.96. The van der Waals surface area contributed by atoms with E-state index in [2.05, 4.69) is 41.7 Å². The van der Waals surface area contributed by atoms with Crippen molar-refractivity contribution in [2.24, 2.45) is 24.8 Å². The van der Waals surface area contributed by atoms with Crippen molar-refractivity contribution < 1.29 is 4.79 Å². The molecule has 0 saturated heterocycles. The van der Waals surface area contributed by atoms with Crippen LogP contribution in [0.4, 0.5) is 5.82 Å². The Balaban J connectivity index is 1.44. The van der Waals surface area contributed by atoms with Crippen molar-refractivity contribution in [3.05, 3.63) is 35.3 Å². The zero-order valence-electron chi connectivity index (χ0n) is 18.1. The first-order chi connectivity index (χ1) is 14.0. The molecule has 0 spiro atoms. The predicted octanol–water partition coefficient (Wildman–Crippen LogP) is 3.79. The molecule has 3 aliphatic rings. The van der Waals surface area contributed by atoms with Crippen LogP contribution < -0.4 is 10.6 Å². The molecule has 6 heteroatoms. The number of nitrogens with one attached hydrogen (secondary N) is 2. The second-order valence-corrected chi connectivity index (χ2v) is 9.27. The highest BCUT2D eigenvalue weighted by Crippen LogP contribution is 2.35. The summed E-state index contributed by atoms with van der Waals surface area (Å²) in [5.41, 5.74) is 3.29. The highest BCUT2D eigenvalue weighted by atomic mass is 16.2. The maximum absolute atomic E-state index is 13.6. The lowest BCUT2D eigenvalue weighted by atomic mass is 9.81. The molecule has 2 aliphatic carbocycles. The summed E-state index contributed by atoms with van der Waals surface area (Å²) >= 11 is 0. The lowest BCUT2D eigenvalue weighted by Crippen LogP contribution is -2.38. The molecule has 1 fully saturated rings. The Morgan fingerprint density at radius 1 is 1.31 bits per heavy atom. The fourth-order valence-corrected chi connectivity index (χ4v) is 4.80. The number of hydrogen-bond donors (Lipinski definition) is 2. The number of carbonyl (C=O) groups excluding carboxylic acids is 1. The van der Waals surface area contributed by atoms with Gasteiger partial charge in [-0.15, -0.1) is 0 Å². The maximum atomic E-state index is 13.6. The van der Waals surface area contributed by atoms with Gasteiger partial charge in [-0.2, -0.15) is 5.10 Å². The van der Waals surface area contributed by atoms with Gasteiger partial charge in [0.1, 0.15) is 5.82 Å². The zero-order valence-corrected chi connectivity index (χ0v) is 18.1. The summed E-state index contributed by atoms with van der Waals surface area (Å²) in [5.74, 6) is 2.84. The summed E-state index contributed by atoms with van der Waals surface area (Å²) in [7, 11) is 1.96. The van der Waals surface area contributed by atoms with E-state index in [0.29, 0.717) is 18.4 Å². The number of carbonyl (C=O) groups is 1. The van der Waals surface area contributed by atoms with Gasteiger partial charge in [-0.25, -0.2) is 0 Å². The molecule has 1 amide bonds. The number of hydrogen-bond acceptors (Lipinski definition) is 4. The Labute approximate surface area is 174 Å². The minimum absolute atomic E-state index is 0.138. The first-order valence-electron chi connectivity index (χ1n) is 11.2. The third-order valence-corrected chi connectivity index (χ3v) is 6.50. The van der Waals surface area contributed by atoms with Crippen LogP contribution in [0.25, 0.3) is 0 Å². The van der Waals surface area contributed by atoms with E-state index in [0.717, 1.165) is 74.4 Å². The van der Waals surface area contributed by atoms with Crippen molar-refractivity contribution in [2.75, 3.05) is 18.4 Å². The van der Waals surface area contributed by atoms with Gasteiger partial charge in [-0.05, 0) is 69.5 Å². The van der Waals surface area contributed by atoms with Crippen LogP contribution in [0.5, 0.6) is 0 Å². The van der Waals surface area contributed by atoms with E-state index in [1.165, 1.54) is 0 Å². The zero-order chi connectivity index (χ0) is 20.4. The molecule has 0 radical (unpaired) electrons. The molecular weight excluding hydrogens is 362 g/mol. The lowest BCUT2D eigenvalue weighted by molar-refractivity contribution is -0.135. The van der Waals surface area contributed by atoms with E-state index in [9.17, 15) is 4.79 Å². The molecule has 0 unspecified atom stereocenters. The van der Waals surface area contributed by atoms with Gasteiger partial charge < -0.3 is 15.5 Å². The standard InChI is InChI=1S/C23H35N5O/c1-16(2)12-24-13-17-8-10-18(11-9-17)23(29)28-15-19-14-25-27(3)22(19)26-20-6-4-5-7-21(20)28/h5,7,14,16-18,24,26H,4,6,8-13,15H2,1-3H3. The van der Waals surface area contributed by atoms with E-state index in [4.69, 9.17) is 0 Å². The summed E-state index contributed by atoms with van der Waals surface area (Å²) in [6.45, 7) is 7.26. The molecule has 1 aliphatic heterocycles. The third-order valence-electron chi connectivity index (χ3n) is 6.50. The highest BCUT2D eigenvalue weighted by Gasteiger charge is 2.34. The van der Waals surface area contributed by atoms with Gasteiger partial charge in [-0.3, -0.25) is 9.48 Å². The molecule has 4 rings (SSSR count). The van der Waals surface area contributed by atoms with E-state index >= 15 is 0 Å². The summed E-state index contributed by atoms with van der Waals surface area (Å²) in [5, 5.41) is 11.6. The molecule has 6 nitrogen and oxygen atoms in total. The maximum Gasteiger partial charge on any atom is 0.230 e. The Bertz CT molecular complexity index is 798. The van der Waals surface area contributed by atoms with Gasteiger partial charge in [0, 0.05) is 24.2 Å². The lowest BCUT2D eigenvalue weighted by Gasteiger charge is -2.33. The smallest absolute Gasteiger partial charge is 0.230 e. The van der Waals surface area contributed by atoms with Gasteiger partial charge in [0.05, 0.1) is 18.4 Å². The van der Waals surface area contributed by atoms with Gasteiger partial charge in [0.25, 0.3) is 0 Å². The normalized spacial score (nSPS) is 24.2. The van der Waals surface area contributed by atoms with Crippen molar-refractivity contribution in [2.45, 2.75) is 58.9 Å². The van der Waals surface area contributed by atoms with E-state index in [-0.39, 0.29) is 11.8 Å². The number of amides is 1. The fourth-order valence-electron chi connectivity index (χ4n) is 4.80. The quantitative estimate of drug-likeness (QED) is 0.794. The summed E-state index contributed by atoms with van der Waals surface area (Å²) < 4.78 is 1.88. The van der Waals surface area contributed by atoms with Crippen LogP contribution in [-0.2, 0) is 18.4 Å². The predicted molar refractivity (Wildman–Crippen MR) is 116 cm³/mol. The second-order valence-electron chi connectivity index (χ2n) is 9.27. The van der Waals surface area contributed by atoms with Gasteiger partial charge in [0.2, 0.25) is 5.91 Å². The molecule has 1 aromatic rings. The average molecular weight is 398 g/mol. The molecule has 2 N–H and O–H groups in total. The minimum Gasteiger partial charge on any atom is -0.342 e. The van der Waals surface area contributed by atoms with Crippen LogP contribution in [0.15, 0.2) is 29.7 Å². The minimum atomic E-state index is 0.138. The summed E-state index contributed by atoms with van der Waals surface area (Å²) in [4.78, 5) is 15.6. The number of anilines is 1. The number of rotatable bonds is 5. The summed E-state index contributed by atoms with van der Waals surface area (Å²) in [6.07, 6.45) is 12.5. The molecule has 1 saturated carbocycles. The second kappa shape index (κ2) is 8.74. The topological polar surface area (TPSA) is 62.2 Å². The Kier molecular flexibility index (Phi) is 6.09. The van der Waals surface area contributed by atoms with E-state index < -0.39 is 0 Å². The SMILES string of the molecule is CC(C)CNCC1CCC(C(=O)N2Cc3cnn(C)c3NC3=C2C=CCC3)CC1. The van der Waals surface area contributed by atoms with Crippen LogP contribution in [0.2, 0.25) is 0 Å². The first kappa shape index (κ1) is 20.2. The molecule has 0 bridgehead atoms. The van der Waals surface area contributed by atoms with Gasteiger partial charge >= 0.3 is 0 Å². The van der Waals surface area contributed by atoms with Crippen LogP contribution in [0, 0.1) is 17.8 Å². The van der Waals surface area contributed by atoms with Gasteiger partial charge in [0.15, 0.2) is 0 Å². The van der Waals surface area contributed by atoms with Crippen molar-refractivity contribution in [1.29, 1.82) is 0 Å². The molecular formula is C23H35N5O. The monoisotopic (exact) mass is 397 g/mol. The Morgan fingerprint density at radius 3 is 2.86 bits per heavy atom. The van der Waals surface area contributed by atoms with Gasteiger partial charge in [-0.1, -0.05) is 19.9 Å². The molecule has 29 heavy (non-hydrogen) atoms. The molecule has 0 aromatic carbocycles. The van der Waals surface area contributed by atoms with E-state index in [1.54, 1.807) is 0 Å². The molecule has 2 heterocycles. The van der Waals surface area contributed by atoms with Crippen molar-refractivity contribution in [1.82, 2.24) is 20.0 Å². The van der Waals surface area contributed by atoms with Crippen LogP contribution in [-0.4, -0.2) is 33.7 Å². The highest BCUT2D eigenvalue weighted by molar-refractivity contribution is 5.82. The Hall–Kier alpha value is -2.08. The number of aromatic nitrogens is 2. The van der Waals surface area contributed by atoms with Crippen molar-refractivity contribution >= 4 is 11.7 Å². The van der Waals surface area contributed by atoms with Crippen molar-refractivity contribution in [3.8, 4) is 0 Å². The van der Waals surface area contributed by atoms with E-state index in [1.807, 2.05) is 22.8 Å². The number of aryl methyl sites for hydroxylation is 1. The molecule has 1 aromatic heterocycles.